The topological polar surface area (TPSA) is 87.0 Å². The van der Waals surface area contributed by atoms with Crippen LogP contribution in [0.4, 0.5) is 15.9 Å². The highest BCUT2D eigenvalue weighted by molar-refractivity contribution is 5.45. The highest BCUT2D eigenvalue weighted by atomic mass is 19.1. The summed E-state index contributed by atoms with van der Waals surface area (Å²) in [4.78, 5) is 9.67. The van der Waals surface area contributed by atoms with Gasteiger partial charge in [-0.15, -0.1) is 0 Å². The lowest BCUT2D eigenvalue weighted by Gasteiger charge is -2.01. The lowest BCUT2D eigenvalue weighted by molar-refractivity contribution is -0.387. The van der Waals surface area contributed by atoms with Gasteiger partial charge in [-0.05, 0) is 13.0 Å². The maximum Gasteiger partial charge on any atom is 0.304 e. The predicted molar refractivity (Wildman–Crippen MR) is 59.3 cm³/mol. The molecule has 0 saturated heterocycles. The van der Waals surface area contributed by atoms with E-state index >= 15 is 0 Å². The lowest BCUT2D eigenvalue weighted by atomic mass is 10.2. The van der Waals surface area contributed by atoms with Crippen LogP contribution in [0.2, 0.25) is 0 Å². The van der Waals surface area contributed by atoms with Crippen LogP contribution in [0.3, 0.4) is 0 Å². The number of nitro benzene ring substituents is 1. The van der Waals surface area contributed by atoms with Crippen molar-refractivity contribution in [2.75, 3.05) is 5.73 Å². The summed E-state index contributed by atoms with van der Waals surface area (Å²) in [6.07, 6.45) is 1.62. The Morgan fingerprint density at radius 3 is 2.71 bits per heavy atom. The number of halogens is 1. The summed E-state index contributed by atoms with van der Waals surface area (Å²) in [6, 6.07) is 3.55. The molecule has 0 spiro atoms. The fourth-order valence-corrected chi connectivity index (χ4v) is 1.39. The summed E-state index contributed by atoms with van der Waals surface area (Å²) in [6.45, 7) is 1.76. The fourth-order valence-electron chi connectivity index (χ4n) is 1.39. The number of nitrogen functional groups attached to an aromatic ring is 1. The second-order valence-electron chi connectivity index (χ2n) is 3.53. The molecular weight excluding hydrogens is 227 g/mol. The van der Waals surface area contributed by atoms with E-state index in [9.17, 15) is 14.5 Å². The van der Waals surface area contributed by atoms with Gasteiger partial charge in [0.15, 0.2) is 0 Å². The Morgan fingerprint density at radius 1 is 1.53 bits per heavy atom. The predicted octanol–water partition coefficient (Wildman–Crippen LogP) is 1.81. The summed E-state index contributed by atoms with van der Waals surface area (Å²) in [5.41, 5.74) is 6.13. The van der Waals surface area contributed by atoms with Crippen molar-refractivity contribution >= 4 is 11.5 Å². The van der Waals surface area contributed by atoms with Crippen LogP contribution in [-0.2, 0) is 0 Å². The molecular formula is C10H9FN4O2. The van der Waals surface area contributed by atoms with Crippen molar-refractivity contribution in [3.8, 4) is 5.69 Å². The van der Waals surface area contributed by atoms with E-state index < -0.39 is 16.4 Å². The largest absolute Gasteiger partial charge is 0.382 e. The number of benzene rings is 1. The number of anilines is 1. The van der Waals surface area contributed by atoms with Crippen LogP contribution in [0.5, 0.6) is 0 Å². The summed E-state index contributed by atoms with van der Waals surface area (Å²) < 4.78 is 14.8. The van der Waals surface area contributed by atoms with Crippen molar-refractivity contribution in [2.24, 2.45) is 0 Å². The van der Waals surface area contributed by atoms with E-state index in [4.69, 9.17) is 5.73 Å². The number of aryl methyl sites for hydroxylation is 1. The molecule has 88 valence electrons. The third-order valence-electron chi connectivity index (χ3n) is 2.33. The third-order valence-corrected chi connectivity index (χ3v) is 2.33. The van der Waals surface area contributed by atoms with E-state index in [1.54, 1.807) is 13.1 Å². The van der Waals surface area contributed by atoms with E-state index in [1.807, 2.05) is 0 Å². The second kappa shape index (κ2) is 3.85. The van der Waals surface area contributed by atoms with Crippen molar-refractivity contribution in [1.82, 2.24) is 9.78 Å². The van der Waals surface area contributed by atoms with Gasteiger partial charge in [0, 0.05) is 23.9 Å². The van der Waals surface area contributed by atoms with Crippen molar-refractivity contribution in [2.45, 2.75) is 6.92 Å². The third kappa shape index (κ3) is 1.94. The van der Waals surface area contributed by atoms with Gasteiger partial charge >= 0.3 is 5.69 Å². The molecule has 2 N–H and O–H groups in total. The zero-order valence-corrected chi connectivity index (χ0v) is 8.92. The standard InChI is InChI=1S/C10H9FN4O2/c1-6-5-14(13-10(6)12)7-2-3-9(15(16)17)8(11)4-7/h2-5H,1H3,(H2,12,13). The normalized spacial score (nSPS) is 10.5. The quantitative estimate of drug-likeness (QED) is 0.636. The SMILES string of the molecule is Cc1cn(-c2ccc([N+](=O)[O-])c(F)c2)nc1N. The van der Waals surface area contributed by atoms with E-state index in [0.29, 0.717) is 11.5 Å². The first kappa shape index (κ1) is 11.1. The van der Waals surface area contributed by atoms with Crippen molar-refractivity contribution in [3.63, 3.8) is 0 Å². The van der Waals surface area contributed by atoms with Gasteiger partial charge in [-0.25, -0.2) is 4.68 Å². The molecule has 0 atom stereocenters. The molecule has 6 nitrogen and oxygen atoms in total. The lowest BCUT2D eigenvalue weighted by Crippen LogP contribution is -1.99. The average Bonchev–Trinajstić information content (AvgIpc) is 2.58. The summed E-state index contributed by atoms with van der Waals surface area (Å²) in [5, 5.41) is 14.4. The molecule has 0 amide bonds. The molecule has 2 rings (SSSR count). The van der Waals surface area contributed by atoms with Gasteiger partial charge in [0.25, 0.3) is 0 Å². The molecule has 0 fully saturated rings. The maximum atomic E-state index is 13.4. The number of nitrogens with zero attached hydrogens (tertiary/aromatic N) is 3. The van der Waals surface area contributed by atoms with Crippen molar-refractivity contribution < 1.29 is 9.31 Å². The first-order valence-corrected chi connectivity index (χ1v) is 4.75. The monoisotopic (exact) mass is 236 g/mol. The Bertz CT molecular complexity index is 574. The van der Waals surface area contributed by atoms with E-state index in [1.165, 1.54) is 10.7 Å². The first-order chi connectivity index (χ1) is 7.99. The Labute approximate surface area is 95.6 Å². The van der Waals surface area contributed by atoms with Gasteiger partial charge in [-0.3, -0.25) is 10.1 Å². The molecule has 1 aromatic carbocycles. The smallest absolute Gasteiger partial charge is 0.304 e. The van der Waals surface area contributed by atoms with Crippen molar-refractivity contribution in [1.29, 1.82) is 0 Å². The number of hydrogen-bond donors (Lipinski definition) is 1. The maximum absolute atomic E-state index is 13.4. The summed E-state index contributed by atoms with van der Waals surface area (Å²) in [5.74, 6) is -0.567. The number of nitrogens with two attached hydrogens (primary N) is 1. The van der Waals surface area contributed by atoms with Gasteiger partial charge in [0.05, 0.1) is 10.6 Å². The van der Waals surface area contributed by atoms with Crippen LogP contribution in [0, 0.1) is 22.9 Å². The Balaban J connectivity index is 2.47. The average molecular weight is 236 g/mol. The first-order valence-electron chi connectivity index (χ1n) is 4.75. The minimum Gasteiger partial charge on any atom is -0.382 e. The highest BCUT2D eigenvalue weighted by Gasteiger charge is 2.15. The van der Waals surface area contributed by atoms with Crippen LogP contribution < -0.4 is 5.73 Å². The molecule has 1 heterocycles. The van der Waals surface area contributed by atoms with Crippen molar-refractivity contribution in [3.05, 3.63) is 45.9 Å². The van der Waals surface area contributed by atoms with Crippen LogP contribution in [0.15, 0.2) is 24.4 Å². The van der Waals surface area contributed by atoms with E-state index in [-0.39, 0.29) is 0 Å². The van der Waals surface area contributed by atoms with Crippen LogP contribution in [0.25, 0.3) is 5.69 Å². The number of nitro groups is 1. The molecule has 1 aromatic heterocycles. The molecule has 7 heteroatoms. The Kier molecular flexibility index (Phi) is 2.51. The van der Waals surface area contributed by atoms with E-state index in [0.717, 1.165) is 17.7 Å². The minimum absolute atomic E-state index is 0.337. The highest BCUT2D eigenvalue weighted by Crippen LogP contribution is 2.21. The Hall–Kier alpha value is -2.44. The minimum atomic E-state index is -0.903. The molecule has 0 bridgehead atoms. The van der Waals surface area contributed by atoms with Gasteiger partial charge in [-0.1, -0.05) is 0 Å². The molecule has 2 aromatic rings. The fraction of sp³-hybridized carbons (Fsp3) is 0.100. The van der Waals surface area contributed by atoms with Crippen LogP contribution in [0.1, 0.15) is 5.56 Å². The second-order valence-corrected chi connectivity index (χ2v) is 3.53. The van der Waals surface area contributed by atoms with Gasteiger partial charge in [-0.2, -0.15) is 9.49 Å². The van der Waals surface area contributed by atoms with E-state index in [2.05, 4.69) is 5.10 Å². The molecule has 0 saturated carbocycles. The van der Waals surface area contributed by atoms with Gasteiger partial charge in [0.2, 0.25) is 5.82 Å². The zero-order chi connectivity index (χ0) is 12.6. The summed E-state index contributed by atoms with van der Waals surface area (Å²) in [7, 11) is 0. The number of aromatic nitrogens is 2. The molecule has 0 aliphatic carbocycles. The summed E-state index contributed by atoms with van der Waals surface area (Å²) >= 11 is 0. The Morgan fingerprint density at radius 2 is 2.24 bits per heavy atom. The van der Waals surface area contributed by atoms with Gasteiger partial charge < -0.3 is 5.73 Å². The molecule has 0 aliphatic heterocycles. The number of rotatable bonds is 2. The van der Waals surface area contributed by atoms with Crippen LogP contribution >= 0.6 is 0 Å². The van der Waals surface area contributed by atoms with Crippen LogP contribution in [-0.4, -0.2) is 14.7 Å². The molecule has 0 aliphatic rings. The van der Waals surface area contributed by atoms with Gasteiger partial charge in [0.1, 0.15) is 5.82 Å². The number of hydrogen-bond acceptors (Lipinski definition) is 4. The molecule has 0 radical (unpaired) electrons. The molecule has 0 unspecified atom stereocenters. The zero-order valence-electron chi connectivity index (χ0n) is 8.92. The molecule has 17 heavy (non-hydrogen) atoms.